The first-order valence-corrected chi connectivity index (χ1v) is 5.38. The van der Waals surface area contributed by atoms with Gasteiger partial charge in [-0.2, -0.15) is 0 Å². The molecular weight excluding hydrogens is 230 g/mol. The van der Waals surface area contributed by atoms with Gasteiger partial charge < -0.3 is 15.6 Å². The van der Waals surface area contributed by atoms with E-state index in [2.05, 4.69) is 0 Å². The summed E-state index contributed by atoms with van der Waals surface area (Å²) in [7, 11) is 1.53. The standard InChI is InChI=1S/C14H13NO3/c1-18-13-7-11(6-12(16)8-13)9-3-2-4-10(5-9)14(15)17/h2-8,16H,1H3,(H2,15,17). The van der Waals surface area contributed by atoms with E-state index in [-0.39, 0.29) is 5.75 Å². The first-order valence-electron chi connectivity index (χ1n) is 5.38. The van der Waals surface area contributed by atoms with Crippen LogP contribution in [0.3, 0.4) is 0 Å². The van der Waals surface area contributed by atoms with E-state index in [9.17, 15) is 9.90 Å². The van der Waals surface area contributed by atoms with Crippen LogP contribution in [-0.2, 0) is 0 Å². The highest BCUT2D eigenvalue weighted by molar-refractivity contribution is 5.94. The number of nitrogens with two attached hydrogens (primary N) is 1. The van der Waals surface area contributed by atoms with E-state index in [1.165, 1.54) is 13.2 Å². The van der Waals surface area contributed by atoms with Crippen molar-refractivity contribution in [3.05, 3.63) is 48.0 Å². The van der Waals surface area contributed by atoms with Gasteiger partial charge in [-0.05, 0) is 35.4 Å². The third-order valence-corrected chi connectivity index (χ3v) is 2.61. The molecule has 4 nitrogen and oxygen atoms in total. The summed E-state index contributed by atoms with van der Waals surface area (Å²) in [5, 5.41) is 9.59. The Hall–Kier alpha value is -2.49. The molecule has 0 atom stereocenters. The lowest BCUT2D eigenvalue weighted by atomic mass is 10.0. The maximum absolute atomic E-state index is 11.1. The fourth-order valence-electron chi connectivity index (χ4n) is 1.72. The van der Waals surface area contributed by atoms with Crippen LogP contribution in [0.1, 0.15) is 10.4 Å². The van der Waals surface area contributed by atoms with E-state index in [0.29, 0.717) is 11.3 Å². The minimum Gasteiger partial charge on any atom is -0.508 e. The van der Waals surface area contributed by atoms with Crippen LogP contribution >= 0.6 is 0 Å². The van der Waals surface area contributed by atoms with Crippen molar-refractivity contribution in [2.24, 2.45) is 5.73 Å². The predicted octanol–water partition coefficient (Wildman–Crippen LogP) is 2.17. The van der Waals surface area contributed by atoms with Crippen LogP contribution in [-0.4, -0.2) is 18.1 Å². The van der Waals surface area contributed by atoms with Gasteiger partial charge in [-0.3, -0.25) is 4.79 Å². The summed E-state index contributed by atoms with van der Waals surface area (Å²) in [4.78, 5) is 11.1. The molecule has 2 rings (SSSR count). The van der Waals surface area contributed by atoms with Gasteiger partial charge >= 0.3 is 0 Å². The number of rotatable bonds is 3. The number of hydrogen-bond acceptors (Lipinski definition) is 3. The largest absolute Gasteiger partial charge is 0.508 e. The Morgan fingerprint density at radius 2 is 1.94 bits per heavy atom. The SMILES string of the molecule is COc1cc(O)cc(-c2cccc(C(N)=O)c2)c1. The zero-order valence-electron chi connectivity index (χ0n) is 9.88. The molecule has 0 spiro atoms. The van der Waals surface area contributed by atoms with E-state index in [4.69, 9.17) is 10.5 Å². The second-order valence-corrected chi connectivity index (χ2v) is 3.86. The van der Waals surface area contributed by atoms with Gasteiger partial charge in [-0.1, -0.05) is 12.1 Å². The van der Waals surface area contributed by atoms with E-state index >= 15 is 0 Å². The fourth-order valence-corrected chi connectivity index (χ4v) is 1.72. The molecule has 3 N–H and O–H groups in total. The number of primary amides is 1. The number of phenols is 1. The number of carbonyl (C=O) groups excluding carboxylic acids is 1. The van der Waals surface area contributed by atoms with Gasteiger partial charge in [0.15, 0.2) is 0 Å². The minimum absolute atomic E-state index is 0.105. The molecule has 0 unspecified atom stereocenters. The van der Waals surface area contributed by atoms with E-state index in [1.807, 2.05) is 6.07 Å². The molecule has 0 heterocycles. The van der Waals surface area contributed by atoms with Crippen LogP contribution in [0.25, 0.3) is 11.1 Å². The molecule has 0 aliphatic heterocycles. The van der Waals surface area contributed by atoms with Crippen molar-refractivity contribution >= 4 is 5.91 Å². The number of aromatic hydroxyl groups is 1. The number of methoxy groups -OCH3 is 1. The molecule has 2 aromatic rings. The monoisotopic (exact) mass is 243 g/mol. The molecule has 0 fully saturated rings. The maximum atomic E-state index is 11.1. The van der Waals surface area contributed by atoms with E-state index in [0.717, 1.165) is 11.1 Å². The third kappa shape index (κ3) is 2.43. The lowest BCUT2D eigenvalue weighted by molar-refractivity contribution is 0.100. The fraction of sp³-hybridized carbons (Fsp3) is 0.0714. The summed E-state index contributed by atoms with van der Waals surface area (Å²) in [5.74, 6) is 0.173. The Balaban J connectivity index is 2.51. The molecule has 0 aromatic heterocycles. The van der Waals surface area contributed by atoms with Gasteiger partial charge in [0, 0.05) is 11.6 Å². The summed E-state index contributed by atoms with van der Waals surface area (Å²) in [6.45, 7) is 0. The Bertz CT molecular complexity index is 593. The molecule has 0 bridgehead atoms. The lowest BCUT2D eigenvalue weighted by Crippen LogP contribution is -2.10. The van der Waals surface area contributed by atoms with Gasteiger partial charge in [0.2, 0.25) is 5.91 Å². The highest BCUT2D eigenvalue weighted by Gasteiger charge is 2.06. The molecule has 0 saturated carbocycles. The average Bonchev–Trinajstić information content (AvgIpc) is 2.38. The second-order valence-electron chi connectivity index (χ2n) is 3.86. The van der Waals surface area contributed by atoms with Crippen LogP contribution < -0.4 is 10.5 Å². The van der Waals surface area contributed by atoms with Crippen LogP contribution in [0.4, 0.5) is 0 Å². The van der Waals surface area contributed by atoms with Crippen LogP contribution in [0, 0.1) is 0 Å². The molecular formula is C14H13NO3. The number of benzene rings is 2. The summed E-state index contributed by atoms with van der Waals surface area (Å²) in [6, 6.07) is 11.8. The summed E-state index contributed by atoms with van der Waals surface area (Å²) < 4.78 is 5.08. The van der Waals surface area contributed by atoms with Crippen LogP contribution in [0.15, 0.2) is 42.5 Å². The minimum atomic E-state index is -0.482. The third-order valence-electron chi connectivity index (χ3n) is 2.61. The maximum Gasteiger partial charge on any atom is 0.248 e. The number of phenolic OH excluding ortho intramolecular Hbond substituents is 1. The molecule has 0 radical (unpaired) electrons. The van der Waals surface area contributed by atoms with Crippen molar-refractivity contribution < 1.29 is 14.6 Å². The van der Waals surface area contributed by atoms with Gasteiger partial charge in [-0.15, -0.1) is 0 Å². The van der Waals surface area contributed by atoms with Crippen molar-refractivity contribution in [1.29, 1.82) is 0 Å². The summed E-state index contributed by atoms with van der Waals surface area (Å²) in [5.41, 5.74) is 7.21. The number of hydrogen-bond donors (Lipinski definition) is 2. The molecule has 0 aliphatic rings. The Kier molecular flexibility index (Phi) is 3.19. The van der Waals surface area contributed by atoms with E-state index < -0.39 is 5.91 Å². The van der Waals surface area contributed by atoms with Gasteiger partial charge in [0.1, 0.15) is 11.5 Å². The average molecular weight is 243 g/mol. The van der Waals surface area contributed by atoms with Crippen LogP contribution in [0.2, 0.25) is 0 Å². The molecule has 1 amide bonds. The zero-order valence-corrected chi connectivity index (χ0v) is 9.88. The number of ether oxygens (including phenoxy) is 1. The van der Waals surface area contributed by atoms with Gasteiger partial charge in [0.25, 0.3) is 0 Å². The summed E-state index contributed by atoms with van der Waals surface area (Å²) in [6.07, 6.45) is 0. The molecule has 92 valence electrons. The molecule has 2 aromatic carbocycles. The Morgan fingerprint density at radius 3 is 2.61 bits per heavy atom. The second kappa shape index (κ2) is 4.79. The first-order chi connectivity index (χ1) is 8.60. The van der Waals surface area contributed by atoms with Crippen molar-refractivity contribution in [3.8, 4) is 22.6 Å². The normalized spacial score (nSPS) is 10.1. The molecule has 18 heavy (non-hydrogen) atoms. The highest BCUT2D eigenvalue weighted by Crippen LogP contribution is 2.29. The molecule has 4 heteroatoms. The Labute approximate surface area is 105 Å². The molecule has 0 aliphatic carbocycles. The first kappa shape index (κ1) is 12.0. The van der Waals surface area contributed by atoms with E-state index in [1.54, 1.807) is 30.3 Å². The molecule has 0 saturated heterocycles. The smallest absolute Gasteiger partial charge is 0.248 e. The summed E-state index contributed by atoms with van der Waals surface area (Å²) >= 11 is 0. The van der Waals surface area contributed by atoms with Crippen molar-refractivity contribution in [2.45, 2.75) is 0 Å². The number of amides is 1. The topological polar surface area (TPSA) is 72.6 Å². The quantitative estimate of drug-likeness (QED) is 0.867. The van der Waals surface area contributed by atoms with Crippen LogP contribution in [0.5, 0.6) is 11.5 Å². The van der Waals surface area contributed by atoms with Crippen molar-refractivity contribution in [2.75, 3.05) is 7.11 Å². The van der Waals surface area contributed by atoms with Crippen molar-refractivity contribution in [3.63, 3.8) is 0 Å². The lowest BCUT2D eigenvalue weighted by Gasteiger charge is -2.07. The van der Waals surface area contributed by atoms with Gasteiger partial charge in [-0.25, -0.2) is 0 Å². The zero-order chi connectivity index (χ0) is 13.1. The van der Waals surface area contributed by atoms with Gasteiger partial charge in [0.05, 0.1) is 7.11 Å². The predicted molar refractivity (Wildman–Crippen MR) is 68.6 cm³/mol. The highest BCUT2D eigenvalue weighted by atomic mass is 16.5. The Morgan fingerprint density at radius 1 is 1.17 bits per heavy atom. The van der Waals surface area contributed by atoms with Crippen molar-refractivity contribution in [1.82, 2.24) is 0 Å². The number of carbonyl (C=O) groups is 1.